The zero-order chi connectivity index (χ0) is 33.2. The van der Waals surface area contributed by atoms with Crippen LogP contribution in [0.2, 0.25) is 0 Å². The van der Waals surface area contributed by atoms with Crippen LogP contribution in [0, 0.1) is 11.3 Å². The molecule has 3 aliphatic heterocycles. The number of rotatable bonds is 6. The van der Waals surface area contributed by atoms with Crippen LogP contribution in [0.4, 0.5) is 28.5 Å². The molecular weight excluding hydrogens is 646 g/mol. The van der Waals surface area contributed by atoms with Gasteiger partial charge in [0.1, 0.15) is 23.8 Å². The number of fused-ring (bicyclic) bond motifs is 2. The molecule has 3 aromatic heterocycles. The number of thiophene rings is 1. The lowest BCUT2D eigenvalue weighted by atomic mass is 9.72. The van der Waals surface area contributed by atoms with E-state index in [0.717, 1.165) is 41.1 Å². The number of alkyl halides is 4. The van der Waals surface area contributed by atoms with E-state index in [-0.39, 0.29) is 55.7 Å². The highest BCUT2D eigenvalue weighted by atomic mass is 32.1. The number of nitrogen functional groups attached to an aromatic ring is 1. The van der Waals surface area contributed by atoms with Crippen molar-refractivity contribution in [3.05, 3.63) is 21.9 Å². The van der Waals surface area contributed by atoms with E-state index in [1.165, 1.54) is 11.3 Å². The van der Waals surface area contributed by atoms with Gasteiger partial charge in [0.2, 0.25) is 29.1 Å². The summed E-state index contributed by atoms with van der Waals surface area (Å²) in [7, 11) is 0. The average molecular weight is 680 g/mol. The third-order valence-corrected chi connectivity index (χ3v) is 10.9. The van der Waals surface area contributed by atoms with Crippen molar-refractivity contribution in [2.45, 2.75) is 74.4 Å². The number of aliphatic hydroxyl groups is 1. The van der Waals surface area contributed by atoms with Crippen LogP contribution in [0.25, 0.3) is 11.6 Å². The fourth-order valence-corrected chi connectivity index (χ4v) is 8.54. The van der Waals surface area contributed by atoms with E-state index in [1.807, 2.05) is 11.8 Å². The van der Waals surface area contributed by atoms with Crippen LogP contribution in [0.15, 0.2) is 4.52 Å². The monoisotopic (exact) mass is 679 g/mol. The SMILES string of the molecule is C[C@]1(c2nc(-c3nc(OC[C@@]45CCCN4C[C@H](F)C5)nc(N4CCOCC(O)(C(F)(F)F)C4)n3)no2)CCCc2sc(N)c(C#N)c21. The molecule has 3 saturated heterocycles. The van der Waals surface area contributed by atoms with Crippen molar-refractivity contribution >= 4 is 22.3 Å². The first kappa shape index (κ1) is 31.9. The van der Waals surface area contributed by atoms with Gasteiger partial charge in [-0.3, -0.25) is 4.90 Å². The minimum Gasteiger partial charge on any atom is -0.461 e. The number of hydrogen-bond donors (Lipinski definition) is 2. The minimum atomic E-state index is -4.99. The molecule has 3 N–H and O–H groups in total. The topological polar surface area (TPSA) is 173 Å². The Morgan fingerprint density at radius 3 is 2.79 bits per heavy atom. The molecule has 4 atom stereocenters. The number of aromatic nitrogens is 5. The lowest BCUT2D eigenvalue weighted by Gasteiger charge is -2.32. The van der Waals surface area contributed by atoms with Gasteiger partial charge in [-0.25, -0.2) is 4.39 Å². The number of aryl methyl sites for hydroxylation is 1. The van der Waals surface area contributed by atoms with Gasteiger partial charge < -0.3 is 29.7 Å². The summed E-state index contributed by atoms with van der Waals surface area (Å²) in [6, 6.07) is 1.98. The Labute approximate surface area is 270 Å². The second-order valence-electron chi connectivity index (χ2n) is 13.0. The van der Waals surface area contributed by atoms with Crippen molar-refractivity contribution in [3.8, 4) is 23.7 Å². The molecule has 0 saturated carbocycles. The van der Waals surface area contributed by atoms with E-state index in [1.54, 1.807) is 0 Å². The number of nitrogens with two attached hydrogens (primary N) is 1. The maximum Gasteiger partial charge on any atom is 0.421 e. The second kappa shape index (κ2) is 11.5. The van der Waals surface area contributed by atoms with Crippen LogP contribution in [0.1, 0.15) is 60.9 Å². The van der Waals surface area contributed by atoms with Gasteiger partial charge in [0, 0.05) is 30.0 Å². The summed E-state index contributed by atoms with van der Waals surface area (Å²) in [6.07, 6.45) is -1.97. The van der Waals surface area contributed by atoms with Gasteiger partial charge in [-0.1, -0.05) is 5.16 Å². The summed E-state index contributed by atoms with van der Waals surface area (Å²) in [6.45, 7) is 0.915. The largest absolute Gasteiger partial charge is 0.461 e. The Morgan fingerprint density at radius 2 is 2.00 bits per heavy atom. The van der Waals surface area contributed by atoms with E-state index < -0.39 is 42.1 Å². The Morgan fingerprint density at radius 1 is 1.17 bits per heavy atom. The van der Waals surface area contributed by atoms with E-state index in [0.29, 0.717) is 30.0 Å². The number of nitriles is 1. The summed E-state index contributed by atoms with van der Waals surface area (Å²) in [5, 5.41) is 24.9. The van der Waals surface area contributed by atoms with E-state index in [9.17, 15) is 27.9 Å². The molecule has 252 valence electrons. The van der Waals surface area contributed by atoms with Crippen LogP contribution in [0.5, 0.6) is 6.01 Å². The normalized spacial score (nSPS) is 29.7. The molecule has 4 aliphatic rings. The number of nitrogens with zero attached hydrogens (tertiary/aromatic N) is 8. The summed E-state index contributed by atoms with van der Waals surface area (Å²) in [5.41, 5.74) is 2.70. The summed E-state index contributed by atoms with van der Waals surface area (Å²) in [4.78, 5) is 21.9. The Kier molecular flexibility index (Phi) is 7.81. The van der Waals surface area contributed by atoms with Gasteiger partial charge in [0.25, 0.3) is 0 Å². The molecule has 3 aromatic rings. The highest BCUT2D eigenvalue weighted by Crippen LogP contribution is 2.48. The van der Waals surface area contributed by atoms with Gasteiger partial charge in [0.05, 0.1) is 36.3 Å². The quantitative estimate of drug-likeness (QED) is 0.364. The lowest BCUT2D eigenvalue weighted by Crippen LogP contribution is -2.55. The predicted molar refractivity (Wildman–Crippen MR) is 159 cm³/mol. The van der Waals surface area contributed by atoms with Gasteiger partial charge in [-0.05, 0) is 45.6 Å². The molecule has 0 radical (unpaired) electrons. The number of β-amino-alcohol motifs (C(OH)–C–C–N with tert-alkyl or cyclic N) is 1. The van der Waals surface area contributed by atoms with Crippen molar-refractivity contribution in [2.24, 2.45) is 0 Å². The molecule has 18 heteroatoms. The number of anilines is 2. The van der Waals surface area contributed by atoms with Crippen molar-refractivity contribution in [2.75, 3.05) is 56.6 Å². The highest BCUT2D eigenvalue weighted by Gasteiger charge is 2.56. The van der Waals surface area contributed by atoms with Crippen molar-refractivity contribution in [1.29, 1.82) is 5.26 Å². The third-order valence-electron chi connectivity index (χ3n) is 9.79. The first-order chi connectivity index (χ1) is 22.3. The molecular formula is C29H33F4N9O4S. The van der Waals surface area contributed by atoms with Gasteiger partial charge in [0.15, 0.2) is 0 Å². The first-order valence-electron chi connectivity index (χ1n) is 15.4. The molecule has 0 amide bonds. The van der Waals surface area contributed by atoms with Crippen LogP contribution < -0.4 is 15.4 Å². The summed E-state index contributed by atoms with van der Waals surface area (Å²) in [5.74, 6) is -0.238. The third kappa shape index (κ3) is 5.46. The average Bonchev–Trinajstić information content (AvgIpc) is 3.77. The van der Waals surface area contributed by atoms with Gasteiger partial charge in [-0.15, -0.1) is 11.3 Å². The lowest BCUT2D eigenvalue weighted by molar-refractivity contribution is -0.267. The first-order valence-corrected chi connectivity index (χ1v) is 16.2. The fraction of sp³-hybridized carbons (Fsp3) is 0.655. The van der Waals surface area contributed by atoms with Crippen molar-refractivity contribution < 1.29 is 36.7 Å². The van der Waals surface area contributed by atoms with Crippen LogP contribution in [-0.4, -0.2) is 105 Å². The summed E-state index contributed by atoms with van der Waals surface area (Å²) >= 11 is 1.36. The molecule has 0 aromatic carbocycles. The van der Waals surface area contributed by atoms with Gasteiger partial charge in [-0.2, -0.15) is 38.4 Å². The van der Waals surface area contributed by atoms with Crippen LogP contribution >= 0.6 is 11.3 Å². The predicted octanol–water partition coefficient (Wildman–Crippen LogP) is 3.16. The van der Waals surface area contributed by atoms with Crippen molar-refractivity contribution in [3.63, 3.8) is 0 Å². The van der Waals surface area contributed by atoms with Gasteiger partial charge >= 0.3 is 12.2 Å². The van der Waals surface area contributed by atoms with E-state index in [4.69, 9.17) is 19.7 Å². The molecule has 0 bridgehead atoms. The summed E-state index contributed by atoms with van der Waals surface area (Å²) < 4.78 is 73.1. The number of hydrogen-bond acceptors (Lipinski definition) is 14. The number of halogens is 4. The molecule has 13 nitrogen and oxygen atoms in total. The molecule has 0 spiro atoms. The molecule has 7 rings (SSSR count). The van der Waals surface area contributed by atoms with E-state index in [2.05, 4.69) is 31.2 Å². The molecule has 47 heavy (non-hydrogen) atoms. The van der Waals surface area contributed by atoms with Crippen LogP contribution in [-0.2, 0) is 16.6 Å². The number of ether oxygens (including phenoxy) is 2. The minimum absolute atomic E-state index is 0.0563. The van der Waals surface area contributed by atoms with Crippen LogP contribution in [0.3, 0.4) is 0 Å². The molecule has 3 fully saturated rings. The second-order valence-corrected chi connectivity index (χ2v) is 14.1. The standard InChI is InChI=1S/C29H33F4N9O4S/c1-26(5-2-4-18-19(26)17(11-34)20(35)47-18)23-36-22(40-46-23)21-37-24(41-8-9-44-15-28(43,13-41)29(31,32)33)39-25(38-21)45-14-27-6-3-7-42(27)12-16(30)10-27/h16,43H,2-10,12-15,35H2,1H3/t16-,26+,27+,28?/m1/s1. The molecule has 1 aliphatic carbocycles. The zero-order valence-corrected chi connectivity index (χ0v) is 26.3. The maximum absolute atomic E-state index is 14.4. The Bertz CT molecular complexity index is 1720. The Hall–Kier alpha value is -3.66. The fourth-order valence-electron chi connectivity index (χ4n) is 7.35. The highest BCUT2D eigenvalue weighted by molar-refractivity contribution is 7.16. The zero-order valence-electron chi connectivity index (χ0n) is 25.5. The smallest absolute Gasteiger partial charge is 0.421 e. The Balaban J connectivity index is 1.26. The van der Waals surface area contributed by atoms with Crippen molar-refractivity contribution in [1.82, 2.24) is 30.0 Å². The molecule has 6 heterocycles. The molecule has 1 unspecified atom stereocenters. The maximum atomic E-state index is 14.4. The van der Waals surface area contributed by atoms with E-state index >= 15 is 0 Å².